The normalized spacial score (nSPS) is 15.4. The highest BCUT2D eigenvalue weighted by atomic mass is 32.1. The van der Waals surface area contributed by atoms with E-state index in [0.29, 0.717) is 5.13 Å². The van der Waals surface area contributed by atoms with Crippen molar-refractivity contribution in [1.29, 1.82) is 0 Å². The van der Waals surface area contributed by atoms with Gasteiger partial charge in [-0.15, -0.1) is 0 Å². The van der Waals surface area contributed by atoms with Gasteiger partial charge in [-0.25, -0.2) is 9.78 Å². The third kappa shape index (κ3) is 3.29. The van der Waals surface area contributed by atoms with Gasteiger partial charge in [-0.3, -0.25) is 15.0 Å². The summed E-state index contributed by atoms with van der Waals surface area (Å²) in [6, 6.07) is 4.31. The Balaban J connectivity index is 1.54. The van der Waals surface area contributed by atoms with Crippen LogP contribution in [0.15, 0.2) is 18.3 Å². The number of aromatic nitrogens is 4. The lowest BCUT2D eigenvalue weighted by molar-refractivity contribution is 0.222. The number of carbonyl (C=O) groups excluding carboxylic acids is 1. The molecule has 8 heteroatoms. The standard InChI is InChI=1S/C22H26N6OS/c1-13(2)28-19-16(18(26-28)15-7-6-14(3)23-12-15)8-9-17-20(19)30-21(24-17)25-22(29)27-10-4-5-11-27/h6-7,12-13H,4-5,8-11H2,1-3H3,(H,24,25,29). The highest BCUT2D eigenvalue weighted by Crippen LogP contribution is 2.44. The van der Waals surface area contributed by atoms with Gasteiger partial charge in [-0.05, 0) is 58.6 Å². The molecule has 30 heavy (non-hydrogen) atoms. The van der Waals surface area contributed by atoms with Crippen LogP contribution in [0.3, 0.4) is 0 Å². The molecule has 5 rings (SSSR count). The fourth-order valence-corrected chi connectivity index (χ4v) is 5.32. The van der Waals surface area contributed by atoms with Crippen LogP contribution in [0.2, 0.25) is 0 Å². The molecule has 4 heterocycles. The second kappa shape index (κ2) is 7.50. The third-order valence-corrected chi connectivity index (χ3v) is 6.83. The van der Waals surface area contributed by atoms with E-state index < -0.39 is 0 Å². The van der Waals surface area contributed by atoms with E-state index in [-0.39, 0.29) is 12.1 Å². The van der Waals surface area contributed by atoms with E-state index in [1.54, 1.807) is 11.3 Å². The second-order valence-electron chi connectivity index (χ2n) is 8.32. The summed E-state index contributed by atoms with van der Waals surface area (Å²) in [5, 5.41) is 8.68. The number of amides is 2. The number of aryl methyl sites for hydroxylation is 2. The number of thiazole rings is 1. The maximum Gasteiger partial charge on any atom is 0.323 e. The minimum atomic E-state index is -0.0393. The molecular formula is C22H26N6OS. The Morgan fingerprint density at radius 2 is 2.00 bits per heavy atom. The molecule has 1 aliphatic carbocycles. The topological polar surface area (TPSA) is 75.9 Å². The number of hydrogen-bond acceptors (Lipinski definition) is 5. The number of urea groups is 1. The van der Waals surface area contributed by atoms with Crippen LogP contribution in [-0.4, -0.2) is 43.8 Å². The first-order valence-corrected chi connectivity index (χ1v) is 11.4. The van der Waals surface area contributed by atoms with E-state index >= 15 is 0 Å². The van der Waals surface area contributed by atoms with Gasteiger partial charge < -0.3 is 4.90 Å². The van der Waals surface area contributed by atoms with Crippen molar-refractivity contribution in [3.63, 3.8) is 0 Å². The Bertz CT molecular complexity index is 1090. The summed E-state index contributed by atoms with van der Waals surface area (Å²) in [5.41, 5.74) is 6.50. The van der Waals surface area contributed by atoms with Crippen molar-refractivity contribution in [2.75, 3.05) is 18.4 Å². The molecule has 0 unspecified atom stereocenters. The summed E-state index contributed by atoms with van der Waals surface area (Å²) in [5.74, 6) is 0. The number of nitrogens with one attached hydrogen (secondary N) is 1. The molecule has 1 aliphatic heterocycles. The molecule has 156 valence electrons. The van der Waals surface area contributed by atoms with Crippen LogP contribution in [0, 0.1) is 6.92 Å². The number of hydrogen-bond donors (Lipinski definition) is 1. The van der Waals surface area contributed by atoms with Crippen molar-refractivity contribution in [1.82, 2.24) is 24.6 Å². The van der Waals surface area contributed by atoms with Crippen LogP contribution in [0.5, 0.6) is 0 Å². The number of pyridine rings is 1. The van der Waals surface area contributed by atoms with Crippen molar-refractivity contribution in [3.8, 4) is 21.8 Å². The second-order valence-corrected chi connectivity index (χ2v) is 9.32. The van der Waals surface area contributed by atoms with Gasteiger partial charge in [0.2, 0.25) is 0 Å². The minimum Gasteiger partial charge on any atom is -0.324 e. The zero-order chi connectivity index (χ0) is 20.8. The monoisotopic (exact) mass is 422 g/mol. The smallest absolute Gasteiger partial charge is 0.323 e. The molecule has 0 atom stereocenters. The molecule has 3 aromatic rings. The lowest BCUT2D eigenvalue weighted by Gasteiger charge is -2.15. The van der Waals surface area contributed by atoms with Crippen LogP contribution >= 0.6 is 11.3 Å². The largest absolute Gasteiger partial charge is 0.324 e. The van der Waals surface area contributed by atoms with Gasteiger partial charge in [0.05, 0.1) is 22.0 Å². The molecule has 7 nitrogen and oxygen atoms in total. The zero-order valence-electron chi connectivity index (χ0n) is 17.6. The van der Waals surface area contributed by atoms with Crippen molar-refractivity contribution in [2.45, 2.75) is 52.5 Å². The number of carbonyl (C=O) groups is 1. The quantitative estimate of drug-likeness (QED) is 0.665. The van der Waals surface area contributed by atoms with Gasteiger partial charge in [-0.1, -0.05) is 11.3 Å². The van der Waals surface area contributed by atoms with Gasteiger partial charge in [-0.2, -0.15) is 5.10 Å². The Hall–Kier alpha value is -2.74. The molecule has 1 fully saturated rings. The van der Waals surface area contributed by atoms with E-state index in [2.05, 4.69) is 34.9 Å². The van der Waals surface area contributed by atoms with E-state index in [1.807, 2.05) is 24.1 Å². The van der Waals surface area contributed by atoms with Crippen molar-refractivity contribution < 1.29 is 4.79 Å². The first kappa shape index (κ1) is 19.2. The molecular weight excluding hydrogens is 396 g/mol. The van der Waals surface area contributed by atoms with Crippen LogP contribution in [0.4, 0.5) is 9.93 Å². The Morgan fingerprint density at radius 3 is 2.70 bits per heavy atom. The van der Waals surface area contributed by atoms with Crippen molar-refractivity contribution >= 4 is 22.5 Å². The molecule has 1 saturated heterocycles. The van der Waals surface area contributed by atoms with E-state index in [1.165, 1.54) is 5.56 Å². The lowest BCUT2D eigenvalue weighted by atomic mass is 9.95. The molecule has 0 bridgehead atoms. The molecule has 0 saturated carbocycles. The first-order chi connectivity index (χ1) is 14.5. The molecule has 0 aromatic carbocycles. The van der Waals surface area contributed by atoms with E-state index in [4.69, 9.17) is 10.1 Å². The lowest BCUT2D eigenvalue weighted by Crippen LogP contribution is -2.32. The number of rotatable bonds is 3. The Kier molecular flexibility index (Phi) is 4.81. The Morgan fingerprint density at radius 1 is 1.20 bits per heavy atom. The van der Waals surface area contributed by atoms with Crippen molar-refractivity contribution in [3.05, 3.63) is 35.3 Å². The molecule has 0 radical (unpaired) electrons. The number of likely N-dealkylation sites (tertiary alicyclic amines) is 1. The average Bonchev–Trinajstić information content (AvgIpc) is 3.46. The summed E-state index contributed by atoms with van der Waals surface area (Å²) in [6.07, 6.45) is 5.81. The molecule has 2 aliphatic rings. The van der Waals surface area contributed by atoms with Gasteiger partial charge in [0.1, 0.15) is 0 Å². The highest BCUT2D eigenvalue weighted by molar-refractivity contribution is 7.19. The molecule has 1 N–H and O–H groups in total. The van der Waals surface area contributed by atoms with Crippen molar-refractivity contribution in [2.24, 2.45) is 0 Å². The van der Waals surface area contributed by atoms with Gasteiger partial charge in [0.15, 0.2) is 5.13 Å². The van der Waals surface area contributed by atoms with Crippen LogP contribution in [0.25, 0.3) is 21.8 Å². The molecule has 2 amide bonds. The van der Waals surface area contributed by atoms with Gasteiger partial charge in [0, 0.05) is 42.1 Å². The first-order valence-electron chi connectivity index (χ1n) is 10.6. The summed E-state index contributed by atoms with van der Waals surface area (Å²) >= 11 is 1.56. The summed E-state index contributed by atoms with van der Waals surface area (Å²) < 4.78 is 2.10. The minimum absolute atomic E-state index is 0.0393. The van der Waals surface area contributed by atoms with Crippen LogP contribution in [-0.2, 0) is 12.8 Å². The van der Waals surface area contributed by atoms with E-state index in [0.717, 1.165) is 72.0 Å². The number of nitrogens with zero attached hydrogens (tertiary/aromatic N) is 5. The zero-order valence-corrected chi connectivity index (χ0v) is 18.4. The maximum atomic E-state index is 12.5. The van der Waals surface area contributed by atoms with Crippen LogP contribution < -0.4 is 5.32 Å². The summed E-state index contributed by atoms with van der Waals surface area (Å²) in [6.45, 7) is 7.95. The number of anilines is 1. The third-order valence-electron chi connectivity index (χ3n) is 5.81. The summed E-state index contributed by atoms with van der Waals surface area (Å²) in [4.78, 5) is 24.7. The van der Waals surface area contributed by atoms with E-state index in [9.17, 15) is 4.79 Å². The van der Waals surface area contributed by atoms with Crippen LogP contribution in [0.1, 0.15) is 49.7 Å². The van der Waals surface area contributed by atoms with Gasteiger partial charge in [0.25, 0.3) is 0 Å². The maximum absolute atomic E-state index is 12.5. The fraction of sp³-hybridized carbons (Fsp3) is 0.455. The molecule has 3 aromatic heterocycles. The Labute approximate surface area is 180 Å². The fourth-order valence-electron chi connectivity index (χ4n) is 4.25. The molecule has 0 spiro atoms. The predicted octanol–water partition coefficient (Wildman–Crippen LogP) is 4.68. The summed E-state index contributed by atoms with van der Waals surface area (Å²) in [7, 11) is 0. The highest BCUT2D eigenvalue weighted by Gasteiger charge is 2.30. The SMILES string of the molecule is Cc1ccc(-c2nn(C(C)C)c3c2CCc2nc(NC(=O)N4CCCC4)sc2-3)cn1. The average molecular weight is 423 g/mol. The van der Waals surface area contributed by atoms with Gasteiger partial charge >= 0.3 is 6.03 Å². The predicted molar refractivity (Wildman–Crippen MR) is 119 cm³/mol. The number of fused-ring (bicyclic) bond motifs is 3.